The van der Waals surface area contributed by atoms with E-state index >= 15 is 0 Å². The molecule has 0 aromatic heterocycles. The fourth-order valence-electron chi connectivity index (χ4n) is 2.01. The number of nitrogens with one attached hydrogen (secondary N) is 1. The van der Waals surface area contributed by atoms with E-state index in [0.29, 0.717) is 16.1 Å². The number of rotatable bonds is 8. The Morgan fingerprint density at radius 2 is 1.83 bits per heavy atom. The molecule has 1 unspecified atom stereocenters. The summed E-state index contributed by atoms with van der Waals surface area (Å²) in [5, 5.41) is 4.66. The van der Waals surface area contributed by atoms with Gasteiger partial charge in [-0.05, 0) is 25.5 Å². The number of unbranched alkanes of at least 4 members (excludes halogenated alkanes) is 4. The highest BCUT2D eigenvalue weighted by atomic mass is 35.5. The van der Waals surface area contributed by atoms with E-state index in [1.54, 1.807) is 0 Å². The summed E-state index contributed by atoms with van der Waals surface area (Å²) in [6.45, 7) is 4.43. The van der Waals surface area contributed by atoms with Crippen LogP contribution in [-0.4, -0.2) is 6.04 Å². The summed E-state index contributed by atoms with van der Waals surface area (Å²) < 4.78 is 0. The molecule has 0 aliphatic carbocycles. The molecule has 1 nitrogen and oxygen atoms in total. The van der Waals surface area contributed by atoms with Crippen LogP contribution in [0.4, 0.5) is 5.69 Å². The Labute approximate surface area is 121 Å². The van der Waals surface area contributed by atoms with Crippen molar-refractivity contribution >= 4 is 28.9 Å². The van der Waals surface area contributed by atoms with Crippen LogP contribution < -0.4 is 5.32 Å². The highest BCUT2D eigenvalue weighted by molar-refractivity contribution is 6.43. The zero-order valence-electron chi connectivity index (χ0n) is 11.3. The highest BCUT2D eigenvalue weighted by Crippen LogP contribution is 2.30. The molecule has 0 heterocycles. The molecule has 3 heteroatoms. The molecule has 1 aromatic carbocycles. The van der Waals surface area contributed by atoms with E-state index < -0.39 is 0 Å². The normalized spacial score (nSPS) is 12.4. The van der Waals surface area contributed by atoms with Crippen molar-refractivity contribution in [2.45, 2.75) is 58.4 Å². The SMILES string of the molecule is CCCCCCCC(C)Nc1cccc(Cl)c1Cl. The van der Waals surface area contributed by atoms with Crippen molar-refractivity contribution in [1.29, 1.82) is 0 Å². The summed E-state index contributed by atoms with van der Waals surface area (Å²) in [6, 6.07) is 6.14. The zero-order chi connectivity index (χ0) is 13.4. The Bertz CT molecular complexity index is 352. The topological polar surface area (TPSA) is 12.0 Å². The van der Waals surface area contributed by atoms with Crippen LogP contribution in [0.5, 0.6) is 0 Å². The van der Waals surface area contributed by atoms with Gasteiger partial charge >= 0.3 is 0 Å². The third-order valence-electron chi connectivity index (χ3n) is 3.09. The summed E-state index contributed by atoms with van der Waals surface area (Å²) in [7, 11) is 0. The molecule has 1 N–H and O–H groups in total. The van der Waals surface area contributed by atoms with E-state index in [-0.39, 0.29) is 0 Å². The second-order valence-electron chi connectivity index (χ2n) is 4.85. The average Bonchev–Trinajstić information content (AvgIpc) is 2.35. The summed E-state index contributed by atoms with van der Waals surface area (Å²) in [6.07, 6.45) is 7.76. The number of hydrogen-bond donors (Lipinski definition) is 1. The third kappa shape index (κ3) is 5.49. The molecule has 0 bridgehead atoms. The number of halogens is 2. The predicted molar refractivity (Wildman–Crippen MR) is 82.9 cm³/mol. The fraction of sp³-hybridized carbons (Fsp3) is 0.600. The van der Waals surface area contributed by atoms with E-state index in [4.69, 9.17) is 23.2 Å². The molecule has 18 heavy (non-hydrogen) atoms. The van der Waals surface area contributed by atoms with Crippen LogP contribution >= 0.6 is 23.2 Å². The Morgan fingerprint density at radius 1 is 1.11 bits per heavy atom. The van der Waals surface area contributed by atoms with Crippen molar-refractivity contribution in [2.24, 2.45) is 0 Å². The molecule has 1 atom stereocenters. The molecule has 0 spiro atoms. The standard InChI is InChI=1S/C15H23Cl2N/c1-3-4-5-6-7-9-12(2)18-14-11-8-10-13(16)15(14)17/h8,10-12,18H,3-7,9H2,1-2H3. The Hall–Kier alpha value is -0.400. The Morgan fingerprint density at radius 3 is 2.56 bits per heavy atom. The minimum absolute atomic E-state index is 0.433. The van der Waals surface area contributed by atoms with Crippen molar-refractivity contribution in [1.82, 2.24) is 0 Å². The van der Waals surface area contributed by atoms with Gasteiger partial charge in [0.25, 0.3) is 0 Å². The minimum Gasteiger partial charge on any atom is -0.381 e. The van der Waals surface area contributed by atoms with Gasteiger partial charge in [0.15, 0.2) is 0 Å². The van der Waals surface area contributed by atoms with Gasteiger partial charge in [0, 0.05) is 6.04 Å². The molecule has 1 rings (SSSR count). The first kappa shape index (κ1) is 15.7. The quantitative estimate of drug-likeness (QED) is 0.565. The second kappa shape index (κ2) is 8.66. The van der Waals surface area contributed by atoms with Crippen molar-refractivity contribution < 1.29 is 0 Å². The lowest BCUT2D eigenvalue weighted by molar-refractivity contribution is 0.578. The lowest BCUT2D eigenvalue weighted by Crippen LogP contribution is -2.15. The van der Waals surface area contributed by atoms with Gasteiger partial charge in [-0.1, -0.05) is 68.3 Å². The summed E-state index contributed by atoms with van der Waals surface area (Å²) >= 11 is 12.1. The fourth-order valence-corrected chi connectivity index (χ4v) is 2.36. The first-order valence-electron chi connectivity index (χ1n) is 6.85. The van der Waals surface area contributed by atoms with E-state index in [2.05, 4.69) is 19.2 Å². The van der Waals surface area contributed by atoms with Gasteiger partial charge in [-0.3, -0.25) is 0 Å². The molecule has 1 aromatic rings. The largest absolute Gasteiger partial charge is 0.381 e. The van der Waals surface area contributed by atoms with Crippen molar-refractivity contribution in [3.05, 3.63) is 28.2 Å². The predicted octanol–water partition coefficient (Wildman–Crippen LogP) is 6.15. The molecule has 0 aliphatic heterocycles. The van der Waals surface area contributed by atoms with Gasteiger partial charge in [0.1, 0.15) is 0 Å². The second-order valence-corrected chi connectivity index (χ2v) is 5.63. The maximum Gasteiger partial charge on any atom is 0.0823 e. The van der Waals surface area contributed by atoms with Gasteiger partial charge in [-0.2, -0.15) is 0 Å². The maximum absolute atomic E-state index is 6.15. The van der Waals surface area contributed by atoms with Crippen molar-refractivity contribution in [2.75, 3.05) is 5.32 Å². The highest BCUT2D eigenvalue weighted by Gasteiger charge is 2.07. The van der Waals surface area contributed by atoms with Crippen LogP contribution in [0.3, 0.4) is 0 Å². The van der Waals surface area contributed by atoms with E-state index in [1.807, 2.05) is 18.2 Å². The zero-order valence-corrected chi connectivity index (χ0v) is 12.8. The van der Waals surface area contributed by atoms with Gasteiger partial charge in [-0.15, -0.1) is 0 Å². The molecule has 0 fully saturated rings. The molecule has 102 valence electrons. The summed E-state index contributed by atoms with van der Waals surface area (Å²) in [5.74, 6) is 0. The average molecular weight is 288 g/mol. The molecular weight excluding hydrogens is 265 g/mol. The number of anilines is 1. The molecule has 0 aliphatic rings. The lowest BCUT2D eigenvalue weighted by atomic mass is 10.1. The van der Waals surface area contributed by atoms with Gasteiger partial charge in [0.05, 0.1) is 15.7 Å². The minimum atomic E-state index is 0.433. The summed E-state index contributed by atoms with van der Waals surface area (Å²) in [5.41, 5.74) is 0.935. The molecule has 0 saturated heterocycles. The van der Waals surface area contributed by atoms with Crippen molar-refractivity contribution in [3.63, 3.8) is 0 Å². The van der Waals surface area contributed by atoms with Crippen LogP contribution in [-0.2, 0) is 0 Å². The van der Waals surface area contributed by atoms with Crippen LogP contribution in [0.15, 0.2) is 18.2 Å². The van der Waals surface area contributed by atoms with Crippen LogP contribution in [0.1, 0.15) is 52.4 Å². The van der Waals surface area contributed by atoms with Crippen LogP contribution in [0.2, 0.25) is 10.0 Å². The van der Waals surface area contributed by atoms with E-state index in [0.717, 1.165) is 5.69 Å². The van der Waals surface area contributed by atoms with Gasteiger partial charge in [-0.25, -0.2) is 0 Å². The lowest BCUT2D eigenvalue weighted by Gasteiger charge is -2.16. The number of hydrogen-bond acceptors (Lipinski definition) is 1. The molecule has 0 amide bonds. The first-order valence-corrected chi connectivity index (χ1v) is 7.61. The molecule has 0 radical (unpaired) electrons. The number of benzene rings is 1. The Kier molecular flexibility index (Phi) is 7.53. The van der Waals surface area contributed by atoms with Crippen LogP contribution in [0.25, 0.3) is 0 Å². The smallest absolute Gasteiger partial charge is 0.0823 e. The van der Waals surface area contributed by atoms with E-state index in [9.17, 15) is 0 Å². The van der Waals surface area contributed by atoms with Gasteiger partial charge in [0.2, 0.25) is 0 Å². The third-order valence-corrected chi connectivity index (χ3v) is 3.91. The van der Waals surface area contributed by atoms with Gasteiger partial charge < -0.3 is 5.32 Å². The maximum atomic E-state index is 6.15. The monoisotopic (exact) mass is 287 g/mol. The molecular formula is C15H23Cl2N. The first-order chi connectivity index (χ1) is 8.65. The van der Waals surface area contributed by atoms with Crippen LogP contribution in [0, 0.1) is 0 Å². The van der Waals surface area contributed by atoms with E-state index in [1.165, 1.54) is 38.5 Å². The van der Waals surface area contributed by atoms with Crippen molar-refractivity contribution in [3.8, 4) is 0 Å². The molecule has 0 saturated carbocycles. The Balaban J connectivity index is 2.31. The summed E-state index contributed by atoms with van der Waals surface area (Å²) in [4.78, 5) is 0.